The highest BCUT2D eigenvalue weighted by Crippen LogP contribution is 2.29. The fourth-order valence-corrected chi connectivity index (χ4v) is 2.38. The normalized spacial score (nSPS) is 12.2. The van der Waals surface area contributed by atoms with Crippen molar-refractivity contribution in [3.05, 3.63) is 62.8 Å². The standard InChI is InChI=1S/C15H14BrClFNO/c1-9(19)12-7-11(16)5-6-14(12)20-8-10-3-2-4-13(18)15(10)17/h2-7,9H,8,19H2,1H3/t9-/m0/s1. The average molecular weight is 359 g/mol. The van der Waals surface area contributed by atoms with Crippen molar-refractivity contribution in [2.45, 2.75) is 19.6 Å². The van der Waals surface area contributed by atoms with Crippen molar-refractivity contribution in [3.8, 4) is 5.75 Å². The highest BCUT2D eigenvalue weighted by atomic mass is 79.9. The number of halogens is 3. The summed E-state index contributed by atoms with van der Waals surface area (Å²) in [7, 11) is 0. The lowest BCUT2D eigenvalue weighted by Crippen LogP contribution is -2.08. The average Bonchev–Trinajstić information content (AvgIpc) is 2.41. The van der Waals surface area contributed by atoms with Gasteiger partial charge in [0.1, 0.15) is 18.2 Å². The third-order valence-corrected chi connectivity index (χ3v) is 3.79. The van der Waals surface area contributed by atoms with Gasteiger partial charge in [-0.3, -0.25) is 0 Å². The second-order valence-electron chi connectivity index (χ2n) is 4.47. The molecule has 0 saturated carbocycles. The summed E-state index contributed by atoms with van der Waals surface area (Å²) in [5.41, 5.74) is 7.40. The molecule has 2 rings (SSSR count). The Kier molecular flexibility index (Phi) is 5.02. The van der Waals surface area contributed by atoms with Crippen molar-refractivity contribution in [1.29, 1.82) is 0 Å². The first kappa shape index (κ1) is 15.3. The zero-order chi connectivity index (χ0) is 14.7. The molecule has 0 radical (unpaired) electrons. The predicted molar refractivity (Wildman–Crippen MR) is 82.5 cm³/mol. The quantitative estimate of drug-likeness (QED) is 0.848. The van der Waals surface area contributed by atoms with E-state index in [2.05, 4.69) is 15.9 Å². The van der Waals surface area contributed by atoms with Gasteiger partial charge < -0.3 is 10.5 Å². The van der Waals surface area contributed by atoms with Crippen LogP contribution in [-0.4, -0.2) is 0 Å². The first-order valence-corrected chi connectivity index (χ1v) is 7.27. The van der Waals surface area contributed by atoms with Gasteiger partial charge in [0.05, 0.1) is 5.02 Å². The number of benzene rings is 2. The molecule has 0 spiro atoms. The molecule has 2 nitrogen and oxygen atoms in total. The molecule has 106 valence electrons. The van der Waals surface area contributed by atoms with E-state index in [9.17, 15) is 4.39 Å². The molecular formula is C15H14BrClFNO. The molecule has 20 heavy (non-hydrogen) atoms. The van der Waals surface area contributed by atoms with Crippen LogP contribution in [0.15, 0.2) is 40.9 Å². The summed E-state index contributed by atoms with van der Waals surface area (Å²) in [4.78, 5) is 0. The molecule has 0 unspecified atom stereocenters. The van der Waals surface area contributed by atoms with Gasteiger partial charge in [0.25, 0.3) is 0 Å². The Hall–Kier alpha value is -1.10. The molecule has 0 bridgehead atoms. The molecule has 5 heteroatoms. The highest BCUT2D eigenvalue weighted by molar-refractivity contribution is 9.10. The van der Waals surface area contributed by atoms with E-state index in [4.69, 9.17) is 22.1 Å². The lowest BCUT2D eigenvalue weighted by molar-refractivity contribution is 0.301. The number of hydrogen-bond donors (Lipinski definition) is 1. The van der Waals surface area contributed by atoms with E-state index in [-0.39, 0.29) is 17.7 Å². The van der Waals surface area contributed by atoms with Gasteiger partial charge in [0.2, 0.25) is 0 Å². The van der Waals surface area contributed by atoms with Crippen molar-refractivity contribution < 1.29 is 9.13 Å². The number of rotatable bonds is 4. The minimum Gasteiger partial charge on any atom is -0.489 e. The van der Waals surface area contributed by atoms with Crippen LogP contribution in [0.25, 0.3) is 0 Å². The molecule has 0 amide bonds. The molecular weight excluding hydrogens is 345 g/mol. The van der Waals surface area contributed by atoms with Gasteiger partial charge in [0.15, 0.2) is 0 Å². The molecule has 2 N–H and O–H groups in total. The Morgan fingerprint density at radius 3 is 2.80 bits per heavy atom. The summed E-state index contributed by atoms with van der Waals surface area (Å²) in [5.74, 6) is 0.222. The summed E-state index contributed by atoms with van der Waals surface area (Å²) in [6, 6.07) is 10.1. The maximum Gasteiger partial charge on any atom is 0.142 e. The van der Waals surface area contributed by atoms with Crippen LogP contribution in [0, 0.1) is 5.82 Å². The van der Waals surface area contributed by atoms with Gasteiger partial charge in [-0.1, -0.05) is 39.7 Å². The third kappa shape index (κ3) is 3.51. The lowest BCUT2D eigenvalue weighted by atomic mass is 10.1. The summed E-state index contributed by atoms with van der Waals surface area (Å²) >= 11 is 9.30. The minimum atomic E-state index is -0.448. The molecule has 0 heterocycles. The second-order valence-corrected chi connectivity index (χ2v) is 5.77. The van der Waals surface area contributed by atoms with Crippen LogP contribution >= 0.6 is 27.5 Å². The predicted octanol–water partition coefficient (Wildman–Crippen LogP) is 4.84. The third-order valence-electron chi connectivity index (χ3n) is 2.88. The maximum atomic E-state index is 13.4. The summed E-state index contributed by atoms with van der Waals surface area (Å²) < 4.78 is 20.0. The Morgan fingerprint density at radius 1 is 1.35 bits per heavy atom. The fourth-order valence-electron chi connectivity index (χ4n) is 1.82. The Balaban J connectivity index is 2.21. The van der Waals surface area contributed by atoms with E-state index in [0.29, 0.717) is 11.3 Å². The molecule has 0 aliphatic heterocycles. The molecule has 0 aromatic heterocycles. The Labute approximate surface area is 130 Å². The zero-order valence-electron chi connectivity index (χ0n) is 10.9. The first-order chi connectivity index (χ1) is 9.49. The van der Waals surface area contributed by atoms with Gasteiger partial charge in [-0.2, -0.15) is 0 Å². The summed E-state index contributed by atoms with van der Waals surface area (Å²) in [5, 5.41) is 0.0898. The van der Waals surface area contributed by atoms with E-state index in [1.54, 1.807) is 12.1 Å². The largest absolute Gasteiger partial charge is 0.489 e. The number of ether oxygens (including phenoxy) is 1. The first-order valence-electron chi connectivity index (χ1n) is 6.09. The van der Waals surface area contributed by atoms with Gasteiger partial charge in [-0.05, 0) is 31.2 Å². The Bertz CT molecular complexity index is 619. The van der Waals surface area contributed by atoms with E-state index < -0.39 is 5.82 Å². The zero-order valence-corrected chi connectivity index (χ0v) is 13.2. The number of hydrogen-bond acceptors (Lipinski definition) is 2. The van der Waals surface area contributed by atoms with Gasteiger partial charge in [0, 0.05) is 21.6 Å². The van der Waals surface area contributed by atoms with Crippen LogP contribution in [0.3, 0.4) is 0 Å². The van der Waals surface area contributed by atoms with E-state index in [1.165, 1.54) is 6.07 Å². The molecule has 0 aliphatic carbocycles. The fraction of sp³-hybridized carbons (Fsp3) is 0.200. The smallest absolute Gasteiger partial charge is 0.142 e. The number of nitrogens with two attached hydrogens (primary N) is 1. The van der Waals surface area contributed by atoms with Crippen LogP contribution in [0.1, 0.15) is 24.1 Å². The maximum absolute atomic E-state index is 13.4. The SMILES string of the molecule is C[C@H](N)c1cc(Br)ccc1OCc1cccc(F)c1Cl. The van der Waals surface area contributed by atoms with E-state index >= 15 is 0 Å². The summed E-state index contributed by atoms with van der Waals surface area (Å²) in [6.07, 6.45) is 0. The van der Waals surface area contributed by atoms with Crippen LogP contribution in [0.4, 0.5) is 4.39 Å². The topological polar surface area (TPSA) is 35.2 Å². The second kappa shape index (κ2) is 6.57. The molecule has 1 atom stereocenters. The molecule has 0 fully saturated rings. The van der Waals surface area contributed by atoms with Gasteiger partial charge in [-0.25, -0.2) is 4.39 Å². The van der Waals surface area contributed by atoms with Crippen molar-refractivity contribution in [1.82, 2.24) is 0 Å². The highest BCUT2D eigenvalue weighted by Gasteiger charge is 2.11. The monoisotopic (exact) mass is 357 g/mol. The van der Waals surface area contributed by atoms with Gasteiger partial charge >= 0.3 is 0 Å². The van der Waals surface area contributed by atoms with Crippen molar-refractivity contribution in [2.75, 3.05) is 0 Å². The molecule has 2 aromatic rings. The van der Waals surface area contributed by atoms with Crippen LogP contribution in [-0.2, 0) is 6.61 Å². The lowest BCUT2D eigenvalue weighted by Gasteiger charge is -2.15. The molecule has 2 aromatic carbocycles. The van der Waals surface area contributed by atoms with Crippen LogP contribution in [0.5, 0.6) is 5.75 Å². The van der Waals surface area contributed by atoms with E-state index in [1.807, 2.05) is 25.1 Å². The van der Waals surface area contributed by atoms with Crippen LogP contribution in [0.2, 0.25) is 5.02 Å². The van der Waals surface area contributed by atoms with E-state index in [0.717, 1.165) is 10.0 Å². The van der Waals surface area contributed by atoms with Crippen molar-refractivity contribution in [2.24, 2.45) is 5.73 Å². The minimum absolute atomic E-state index is 0.0898. The molecule has 0 aliphatic rings. The van der Waals surface area contributed by atoms with Crippen molar-refractivity contribution >= 4 is 27.5 Å². The molecule has 0 saturated heterocycles. The van der Waals surface area contributed by atoms with Gasteiger partial charge in [-0.15, -0.1) is 0 Å². The Morgan fingerprint density at radius 2 is 2.10 bits per heavy atom. The van der Waals surface area contributed by atoms with Crippen LogP contribution < -0.4 is 10.5 Å². The summed E-state index contributed by atoms with van der Waals surface area (Å²) in [6.45, 7) is 2.07. The van der Waals surface area contributed by atoms with Crippen molar-refractivity contribution in [3.63, 3.8) is 0 Å².